The molecule has 0 saturated carbocycles. The highest BCUT2D eigenvalue weighted by atomic mass is 16.3. The zero-order valence-electron chi connectivity index (χ0n) is 14.0. The van der Waals surface area contributed by atoms with Gasteiger partial charge in [0.15, 0.2) is 0 Å². The lowest BCUT2D eigenvalue weighted by Crippen LogP contribution is -2.30. The van der Waals surface area contributed by atoms with E-state index >= 15 is 0 Å². The lowest BCUT2D eigenvalue weighted by atomic mass is 9.79. The molecule has 0 spiro atoms. The summed E-state index contributed by atoms with van der Waals surface area (Å²) in [5.41, 5.74) is 7.21. The van der Waals surface area contributed by atoms with Crippen molar-refractivity contribution in [2.24, 2.45) is 5.73 Å². The summed E-state index contributed by atoms with van der Waals surface area (Å²) >= 11 is 0. The Morgan fingerprint density at radius 1 is 1.14 bits per heavy atom. The second-order valence-electron chi connectivity index (χ2n) is 7.46. The van der Waals surface area contributed by atoms with Crippen LogP contribution in [0.4, 0.5) is 0 Å². The van der Waals surface area contributed by atoms with Gasteiger partial charge >= 0.3 is 0 Å². The predicted molar refractivity (Wildman–Crippen MR) is 86.9 cm³/mol. The van der Waals surface area contributed by atoms with Crippen LogP contribution in [0, 0.1) is 0 Å². The highest BCUT2D eigenvalue weighted by Crippen LogP contribution is 2.37. The highest BCUT2D eigenvalue weighted by molar-refractivity contribution is 5.97. The summed E-state index contributed by atoms with van der Waals surface area (Å²) in [6.45, 7) is 13.1. The Balaban J connectivity index is 3.45. The molecule has 0 atom stereocenters. The fourth-order valence-corrected chi connectivity index (χ4v) is 2.09. The van der Waals surface area contributed by atoms with E-state index in [9.17, 15) is 9.90 Å². The molecule has 0 bridgehead atoms. The van der Waals surface area contributed by atoms with Crippen LogP contribution in [0.15, 0.2) is 12.1 Å². The first-order valence-corrected chi connectivity index (χ1v) is 7.34. The molecule has 0 saturated heterocycles. The van der Waals surface area contributed by atoms with E-state index in [4.69, 9.17) is 5.73 Å². The maximum absolute atomic E-state index is 12.3. The van der Waals surface area contributed by atoms with Gasteiger partial charge in [0.2, 0.25) is 0 Å². The van der Waals surface area contributed by atoms with Crippen molar-refractivity contribution < 1.29 is 9.90 Å². The van der Waals surface area contributed by atoms with Crippen LogP contribution in [0.5, 0.6) is 5.75 Å². The molecule has 0 fully saturated rings. The number of rotatable bonds is 3. The monoisotopic (exact) mass is 292 g/mol. The number of carbonyl (C=O) groups excluding carboxylic acids is 1. The molecule has 4 nitrogen and oxygen atoms in total. The molecular formula is C17H28N2O2. The molecule has 118 valence electrons. The van der Waals surface area contributed by atoms with Gasteiger partial charge in [-0.3, -0.25) is 4.79 Å². The molecule has 0 radical (unpaired) electrons. The molecule has 0 unspecified atom stereocenters. The smallest absolute Gasteiger partial charge is 0.255 e. The number of nitrogens with one attached hydrogen (secondary N) is 1. The second-order valence-corrected chi connectivity index (χ2v) is 7.46. The second kappa shape index (κ2) is 6.06. The number of nitrogens with two attached hydrogens (primary N) is 1. The molecule has 0 aliphatic carbocycles. The maximum atomic E-state index is 12.3. The fraction of sp³-hybridized carbons (Fsp3) is 0.588. The molecule has 0 aliphatic heterocycles. The van der Waals surface area contributed by atoms with Crippen molar-refractivity contribution >= 4 is 5.91 Å². The first-order valence-electron chi connectivity index (χ1n) is 7.34. The average molecular weight is 292 g/mol. The van der Waals surface area contributed by atoms with Crippen LogP contribution in [-0.4, -0.2) is 24.1 Å². The summed E-state index contributed by atoms with van der Waals surface area (Å²) < 4.78 is 0. The van der Waals surface area contributed by atoms with Crippen LogP contribution in [0.2, 0.25) is 0 Å². The zero-order chi connectivity index (χ0) is 16.4. The van der Waals surface area contributed by atoms with E-state index in [1.54, 1.807) is 6.07 Å². The average Bonchev–Trinajstić information content (AvgIpc) is 2.33. The predicted octanol–water partition coefficient (Wildman–Crippen LogP) is 2.68. The molecule has 0 aliphatic rings. The van der Waals surface area contributed by atoms with E-state index in [0.717, 1.165) is 11.1 Å². The molecule has 1 amide bonds. The van der Waals surface area contributed by atoms with Crippen LogP contribution >= 0.6 is 0 Å². The van der Waals surface area contributed by atoms with Gasteiger partial charge in [-0.1, -0.05) is 47.6 Å². The molecule has 1 aromatic rings. The van der Waals surface area contributed by atoms with E-state index in [2.05, 4.69) is 26.1 Å². The minimum atomic E-state index is -0.283. The lowest BCUT2D eigenvalue weighted by molar-refractivity contribution is 0.0951. The largest absolute Gasteiger partial charge is 0.507 e. The number of phenols is 1. The summed E-state index contributed by atoms with van der Waals surface area (Å²) in [4.78, 5) is 12.3. The molecule has 0 heterocycles. The van der Waals surface area contributed by atoms with E-state index < -0.39 is 0 Å². The van der Waals surface area contributed by atoms with Crippen molar-refractivity contribution in [3.8, 4) is 5.75 Å². The number of hydrogen-bond donors (Lipinski definition) is 3. The third-order valence-electron chi connectivity index (χ3n) is 3.46. The van der Waals surface area contributed by atoms with Gasteiger partial charge in [0, 0.05) is 18.7 Å². The summed E-state index contributed by atoms with van der Waals surface area (Å²) in [6, 6.07) is 3.77. The SMILES string of the molecule is CC(C)(C)c1cc(C(=O)NCCN)c(O)c(C(C)(C)C)c1. The minimum absolute atomic E-state index is 0.0602. The Morgan fingerprint density at radius 3 is 2.14 bits per heavy atom. The molecular weight excluding hydrogens is 264 g/mol. The molecule has 1 rings (SSSR count). The first kappa shape index (κ1) is 17.5. The third-order valence-corrected chi connectivity index (χ3v) is 3.46. The number of hydrogen-bond acceptors (Lipinski definition) is 3. The van der Waals surface area contributed by atoms with Gasteiger partial charge in [0.1, 0.15) is 5.75 Å². The molecule has 1 aromatic carbocycles. The zero-order valence-corrected chi connectivity index (χ0v) is 14.0. The van der Waals surface area contributed by atoms with Crippen LogP contribution < -0.4 is 11.1 Å². The van der Waals surface area contributed by atoms with Crippen molar-refractivity contribution in [3.05, 3.63) is 28.8 Å². The lowest BCUT2D eigenvalue weighted by Gasteiger charge is -2.27. The van der Waals surface area contributed by atoms with Crippen LogP contribution in [0.25, 0.3) is 0 Å². The van der Waals surface area contributed by atoms with E-state index in [1.807, 2.05) is 26.8 Å². The van der Waals surface area contributed by atoms with Crippen molar-refractivity contribution in [2.45, 2.75) is 52.4 Å². The van der Waals surface area contributed by atoms with Gasteiger partial charge < -0.3 is 16.2 Å². The fourth-order valence-electron chi connectivity index (χ4n) is 2.09. The Morgan fingerprint density at radius 2 is 1.71 bits per heavy atom. The Labute approximate surface area is 127 Å². The first-order chi connectivity index (χ1) is 9.48. The number of phenolic OH excluding ortho intramolecular Hbond substituents is 1. The van der Waals surface area contributed by atoms with Gasteiger partial charge in [0.05, 0.1) is 5.56 Å². The number of carbonyl (C=O) groups is 1. The normalized spacial score (nSPS) is 12.3. The van der Waals surface area contributed by atoms with Gasteiger partial charge in [-0.15, -0.1) is 0 Å². The topological polar surface area (TPSA) is 75.4 Å². The Hall–Kier alpha value is -1.55. The van der Waals surface area contributed by atoms with Crippen molar-refractivity contribution in [3.63, 3.8) is 0 Å². The van der Waals surface area contributed by atoms with Crippen LogP contribution in [-0.2, 0) is 10.8 Å². The van der Waals surface area contributed by atoms with Gasteiger partial charge in [-0.2, -0.15) is 0 Å². The third kappa shape index (κ3) is 4.21. The Bertz CT molecular complexity index is 523. The van der Waals surface area contributed by atoms with E-state index in [0.29, 0.717) is 18.7 Å². The number of benzene rings is 1. The van der Waals surface area contributed by atoms with Gasteiger partial charge in [-0.05, 0) is 22.5 Å². The van der Waals surface area contributed by atoms with Gasteiger partial charge in [-0.25, -0.2) is 0 Å². The number of amides is 1. The summed E-state index contributed by atoms with van der Waals surface area (Å²) in [5, 5.41) is 13.2. The summed E-state index contributed by atoms with van der Waals surface area (Å²) in [5.74, 6) is -0.223. The van der Waals surface area contributed by atoms with E-state index in [-0.39, 0.29) is 22.5 Å². The minimum Gasteiger partial charge on any atom is -0.507 e. The van der Waals surface area contributed by atoms with Crippen molar-refractivity contribution in [1.82, 2.24) is 5.32 Å². The Kier molecular flexibility index (Phi) is 5.05. The van der Waals surface area contributed by atoms with Crippen molar-refractivity contribution in [2.75, 3.05) is 13.1 Å². The standard InChI is InChI=1S/C17H28N2O2/c1-16(2,3)11-9-12(15(21)19-8-7-18)14(20)13(10-11)17(4,5)6/h9-10,20H,7-8,18H2,1-6H3,(H,19,21). The highest BCUT2D eigenvalue weighted by Gasteiger charge is 2.26. The molecule has 4 heteroatoms. The summed E-state index contributed by atoms with van der Waals surface area (Å²) in [7, 11) is 0. The van der Waals surface area contributed by atoms with Crippen molar-refractivity contribution in [1.29, 1.82) is 0 Å². The van der Waals surface area contributed by atoms with Gasteiger partial charge in [0.25, 0.3) is 5.91 Å². The molecule has 4 N–H and O–H groups in total. The maximum Gasteiger partial charge on any atom is 0.255 e. The number of aromatic hydroxyl groups is 1. The quantitative estimate of drug-likeness (QED) is 0.801. The van der Waals surface area contributed by atoms with E-state index in [1.165, 1.54) is 0 Å². The van der Waals surface area contributed by atoms with Crippen LogP contribution in [0.3, 0.4) is 0 Å². The molecule has 0 aromatic heterocycles. The van der Waals surface area contributed by atoms with Crippen LogP contribution in [0.1, 0.15) is 63.0 Å². The summed E-state index contributed by atoms with van der Waals surface area (Å²) in [6.07, 6.45) is 0. The molecule has 21 heavy (non-hydrogen) atoms.